The van der Waals surface area contributed by atoms with Gasteiger partial charge in [0.2, 0.25) is 0 Å². The molecule has 8 bridgehead atoms. The Kier molecular flexibility index (Phi) is 7.07. The molecule has 0 spiro atoms. The molecule has 0 radical (unpaired) electrons. The van der Waals surface area contributed by atoms with Gasteiger partial charge in [-0.3, -0.25) is 0 Å². The van der Waals surface area contributed by atoms with Crippen molar-refractivity contribution in [2.24, 2.45) is 0 Å². The van der Waals surface area contributed by atoms with Gasteiger partial charge in [-0.1, -0.05) is 126 Å². The van der Waals surface area contributed by atoms with Crippen molar-refractivity contribution in [3.63, 3.8) is 0 Å². The molecule has 3 aromatic heterocycles. The van der Waals surface area contributed by atoms with Crippen LogP contribution in [-0.2, 0) is 27.1 Å². The summed E-state index contributed by atoms with van der Waals surface area (Å²) in [6, 6.07) is 19.7. The summed E-state index contributed by atoms with van der Waals surface area (Å²) in [6.07, 6.45) is 0. The average Bonchev–Trinajstić information content (AvgIpc) is 3.72. The zero-order valence-corrected chi connectivity index (χ0v) is 32.9. The number of benzene rings is 3. The van der Waals surface area contributed by atoms with Crippen LogP contribution in [0.2, 0.25) is 0 Å². The molecule has 0 fully saturated rings. The van der Waals surface area contributed by atoms with Gasteiger partial charge in [-0.15, -0.1) is 0 Å². The van der Waals surface area contributed by atoms with Crippen molar-refractivity contribution in [1.29, 1.82) is 0 Å². The molecule has 5 heterocycles. The summed E-state index contributed by atoms with van der Waals surface area (Å²) in [7, 11) is 0. The maximum atomic E-state index is 5.33. The van der Waals surface area contributed by atoms with Gasteiger partial charge >= 0.3 is 0 Å². The molecule has 8 nitrogen and oxygen atoms in total. The highest BCUT2D eigenvalue weighted by Gasteiger charge is 2.48. The lowest BCUT2D eigenvalue weighted by molar-refractivity contribution is 0.310. The van der Waals surface area contributed by atoms with Gasteiger partial charge < -0.3 is 9.97 Å². The first-order valence-electron chi connectivity index (χ1n) is 18.4. The SMILES string of the molecule is CC(C)(C)c1ccc2c(c1)-c1nc-2nc2[nH]c(nc3nc(nc4[nH]c(n1)c1ccc(C(C)(C)C)cc41)C(C)(C)C3(C)C)c1ccc(C(C)(C)C)cc21. The zero-order valence-electron chi connectivity index (χ0n) is 32.9. The summed E-state index contributed by atoms with van der Waals surface area (Å²) in [4.78, 5) is 38.8. The van der Waals surface area contributed by atoms with Crippen LogP contribution in [0.15, 0.2) is 54.6 Å². The van der Waals surface area contributed by atoms with E-state index < -0.39 is 10.8 Å². The topological polar surface area (TPSA) is 109 Å². The Morgan fingerprint density at radius 2 is 0.788 bits per heavy atom. The standard InChI is InChI=1S/C44H50N8/c1-40(2,3)23-14-17-26-29(20-23)35-45-32(26)46-36-30-21-24(41(4,5)6)16-19-28(30)34(49-36)50-38-43(10,11)44(12,13)39(52-38)51-37-31-22-25(42(7,8)9)15-18-27(31)33(47-35)48-37/h14-22H,1-13H3,(H2,45,46,47,48,49,50,51,52). The average molecular weight is 691 g/mol. The lowest BCUT2D eigenvalue weighted by Crippen LogP contribution is -2.37. The van der Waals surface area contributed by atoms with Crippen molar-refractivity contribution in [2.75, 3.05) is 0 Å². The molecular formula is C44H50N8. The number of hydrogen-bond acceptors (Lipinski definition) is 6. The lowest BCUT2D eigenvalue weighted by atomic mass is 9.69. The van der Waals surface area contributed by atoms with E-state index in [0.29, 0.717) is 22.9 Å². The Morgan fingerprint density at radius 1 is 0.404 bits per heavy atom. The van der Waals surface area contributed by atoms with Crippen molar-refractivity contribution >= 4 is 44.1 Å². The third-order valence-corrected chi connectivity index (χ3v) is 11.6. The van der Waals surface area contributed by atoms with Crippen LogP contribution in [0.3, 0.4) is 0 Å². The van der Waals surface area contributed by atoms with Crippen LogP contribution in [0.25, 0.3) is 66.9 Å². The predicted molar refractivity (Wildman–Crippen MR) is 214 cm³/mol. The van der Waals surface area contributed by atoms with E-state index in [1.807, 2.05) is 0 Å². The second-order valence-electron chi connectivity index (χ2n) is 18.9. The summed E-state index contributed by atoms with van der Waals surface area (Å²) in [6.45, 7) is 28.9. The van der Waals surface area contributed by atoms with E-state index >= 15 is 0 Å². The van der Waals surface area contributed by atoms with Crippen LogP contribution >= 0.6 is 0 Å². The number of nitrogens with zero attached hydrogens (tertiary/aromatic N) is 6. The normalized spacial score (nSPS) is 15.7. The van der Waals surface area contributed by atoms with E-state index in [-0.39, 0.29) is 16.2 Å². The fraction of sp³-hybridized carbons (Fsp3) is 0.409. The van der Waals surface area contributed by atoms with Gasteiger partial charge in [0.25, 0.3) is 0 Å². The first-order valence-corrected chi connectivity index (χ1v) is 18.4. The van der Waals surface area contributed by atoms with Crippen LogP contribution < -0.4 is 0 Å². The molecule has 0 unspecified atom stereocenters. The van der Waals surface area contributed by atoms with E-state index in [0.717, 1.165) is 55.6 Å². The Labute approximate surface area is 306 Å². The van der Waals surface area contributed by atoms with Crippen LogP contribution in [0.5, 0.6) is 0 Å². The lowest BCUT2D eigenvalue weighted by Gasteiger charge is -2.32. The van der Waals surface area contributed by atoms with Gasteiger partial charge in [-0.25, -0.2) is 29.9 Å². The van der Waals surface area contributed by atoms with E-state index in [1.54, 1.807) is 0 Å². The Bertz CT molecular complexity index is 2630. The largest absolute Gasteiger partial charge is 0.324 e. The monoisotopic (exact) mass is 690 g/mol. The number of H-pyrrole nitrogens is 2. The smallest absolute Gasteiger partial charge is 0.164 e. The molecule has 0 aliphatic carbocycles. The van der Waals surface area contributed by atoms with Gasteiger partial charge in [-0.2, -0.15) is 0 Å². The molecule has 0 atom stereocenters. The highest BCUT2D eigenvalue weighted by molar-refractivity contribution is 6.06. The minimum absolute atomic E-state index is 0.0460. The summed E-state index contributed by atoms with van der Waals surface area (Å²) in [5.41, 5.74) is 7.44. The van der Waals surface area contributed by atoms with Crippen molar-refractivity contribution in [2.45, 2.75) is 117 Å². The molecule has 6 aromatic rings. The second kappa shape index (κ2) is 10.8. The first-order chi connectivity index (χ1) is 24.1. The number of aromatic nitrogens is 8. The van der Waals surface area contributed by atoms with Crippen molar-refractivity contribution < 1.29 is 0 Å². The van der Waals surface area contributed by atoms with Crippen LogP contribution in [0.1, 0.15) is 118 Å². The van der Waals surface area contributed by atoms with E-state index in [4.69, 9.17) is 29.9 Å². The molecule has 0 saturated heterocycles. The summed E-state index contributed by atoms with van der Waals surface area (Å²) >= 11 is 0. The summed E-state index contributed by atoms with van der Waals surface area (Å²) in [5.74, 6) is 2.68. The molecule has 2 N–H and O–H groups in total. The van der Waals surface area contributed by atoms with Gasteiger partial charge in [0.05, 0.1) is 0 Å². The fourth-order valence-corrected chi connectivity index (χ4v) is 7.15. The zero-order chi connectivity index (χ0) is 37.3. The molecule has 266 valence electrons. The molecule has 2 aliphatic rings. The van der Waals surface area contributed by atoms with Gasteiger partial charge in [0, 0.05) is 43.5 Å². The number of hydrogen-bond donors (Lipinski definition) is 2. The molecule has 52 heavy (non-hydrogen) atoms. The van der Waals surface area contributed by atoms with Crippen molar-refractivity contribution in [3.05, 3.63) is 82.9 Å². The maximum absolute atomic E-state index is 5.33. The van der Waals surface area contributed by atoms with E-state index in [9.17, 15) is 0 Å². The Hall–Kier alpha value is -4.98. The first kappa shape index (κ1) is 34.1. The molecule has 8 rings (SSSR count). The molecule has 0 amide bonds. The number of aromatic amines is 2. The van der Waals surface area contributed by atoms with Gasteiger partial charge in [0.15, 0.2) is 11.6 Å². The summed E-state index contributed by atoms with van der Waals surface area (Å²) < 4.78 is 0. The highest BCUT2D eigenvalue weighted by atomic mass is 15.1. The fourth-order valence-electron chi connectivity index (χ4n) is 7.15. The van der Waals surface area contributed by atoms with Crippen LogP contribution in [0.4, 0.5) is 0 Å². The maximum Gasteiger partial charge on any atom is 0.164 e. The minimum Gasteiger partial charge on any atom is -0.324 e. The quantitative estimate of drug-likeness (QED) is 0.164. The van der Waals surface area contributed by atoms with Gasteiger partial charge in [0.1, 0.15) is 34.2 Å². The summed E-state index contributed by atoms with van der Waals surface area (Å²) in [5, 5.41) is 3.97. The van der Waals surface area contributed by atoms with Gasteiger partial charge in [-0.05, 0) is 51.1 Å². The second-order valence-corrected chi connectivity index (χ2v) is 18.9. The van der Waals surface area contributed by atoms with Crippen LogP contribution in [-0.4, -0.2) is 39.9 Å². The van der Waals surface area contributed by atoms with Crippen molar-refractivity contribution in [1.82, 2.24) is 39.9 Å². The molecule has 2 aliphatic heterocycles. The Morgan fingerprint density at radius 3 is 1.27 bits per heavy atom. The Balaban J connectivity index is 1.58. The molecular weight excluding hydrogens is 641 g/mol. The molecule has 3 aromatic carbocycles. The number of fused-ring (bicyclic) bond motifs is 17. The minimum atomic E-state index is -0.424. The number of rotatable bonds is 0. The predicted octanol–water partition coefficient (Wildman–Crippen LogP) is 10.7. The van der Waals surface area contributed by atoms with Crippen molar-refractivity contribution in [3.8, 4) is 22.8 Å². The molecule has 8 heteroatoms. The highest BCUT2D eigenvalue weighted by Crippen LogP contribution is 2.45. The molecule has 0 saturated carbocycles. The third kappa shape index (κ3) is 5.24. The third-order valence-electron chi connectivity index (χ3n) is 11.6. The van der Waals surface area contributed by atoms with E-state index in [1.165, 1.54) is 16.7 Å². The van der Waals surface area contributed by atoms with Crippen LogP contribution in [0, 0.1) is 0 Å². The van der Waals surface area contributed by atoms with E-state index in [2.05, 4.69) is 155 Å². The number of nitrogens with one attached hydrogen (secondary N) is 2.